The maximum absolute atomic E-state index is 13.3. The van der Waals surface area contributed by atoms with Crippen LogP contribution < -0.4 is 16.2 Å². The molecule has 3 heterocycles. The summed E-state index contributed by atoms with van der Waals surface area (Å²) >= 11 is 0. The van der Waals surface area contributed by atoms with Gasteiger partial charge >= 0.3 is 0 Å². The van der Waals surface area contributed by atoms with Crippen molar-refractivity contribution in [2.24, 2.45) is 17.8 Å². The molecule has 2 N–H and O–H groups in total. The number of hydrogen-bond acceptors (Lipinski definition) is 4. The van der Waals surface area contributed by atoms with Crippen LogP contribution in [0.15, 0.2) is 53.3 Å². The minimum Gasteiger partial charge on any atom is -0.354 e. The smallest absolute Gasteiger partial charge is 0.251 e. The van der Waals surface area contributed by atoms with Gasteiger partial charge in [0.25, 0.3) is 11.5 Å². The number of rotatable bonds is 6. The summed E-state index contributed by atoms with van der Waals surface area (Å²) in [5, 5.41) is 5.58. The van der Waals surface area contributed by atoms with Gasteiger partial charge in [-0.1, -0.05) is 24.3 Å². The largest absolute Gasteiger partial charge is 0.354 e. The third-order valence-corrected chi connectivity index (χ3v) is 7.99. The first-order chi connectivity index (χ1) is 17.5. The summed E-state index contributed by atoms with van der Waals surface area (Å²) in [6, 6.07) is 14.4. The molecule has 0 spiro atoms. The first-order valence-electron chi connectivity index (χ1n) is 13.1. The number of piperidine rings is 1. The quantitative estimate of drug-likeness (QED) is 0.648. The van der Waals surface area contributed by atoms with Crippen LogP contribution in [0.3, 0.4) is 0 Å². The average molecular weight is 491 g/mol. The zero-order valence-corrected chi connectivity index (χ0v) is 20.5. The fourth-order valence-electron chi connectivity index (χ4n) is 6.15. The molecule has 5 rings (SSSR count). The Labute approximate surface area is 211 Å². The molecule has 1 aromatic heterocycles. The molecule has 3 aliphatic rings. The van der Waals surface area contributed by atoms with E-state index in [4.69, 9.17) is 0 Å². The van der Waals surface area contributed by atoms with E-state index in [1.54, 1.807) is 30.3 Å². The van der Waals surface area contributed by atoms with Gasteiger partial charge in [0.1, 0.15) is 0 Å². The Kier molecular flexibility index (Phi) is 7.20. The molecule has 190 valence electrons. The van der Waals surface area contributed by atoms with Crippen LogP contribution in [0.2, 0.25) is 0 Å². The van der Waals surface area contributed by atoms with Crippen molar-refractivity contribution in [3.8, 4) is 0 Å². The molecule has 36 heavy (non-hydrogen) atoms. The summed E-state index contributed by atoms with van der Waals surface area (Å²) < 4.78 is 1.90. The number of carbonyl (C=O) groups is 3. The van der Waals surface area contributed by atoms with Gasteiger partial charge in [-0.05, 0) is 68.6 Å². The molecule has 2 unspecified atom stereocenters. The molecule has 2 atom stereocenters. The van der Waals surface area contributed by atoms with E-state index in [9.17, 15) is 19.2 Å². The molecule has 1 saturated heterocycles. The molecule has 8 nitrogen and oxygen atoms in total. The number of fused-ring (bicyclic) bond motifs is 4. The number of pyridine rings is 1. The predicted octanol–water partition coefficient (Wildman–Crippen LogP) is 2.15. The lowest BCUT2D eigenvalue weighted by atomic mass is 9.80. The van der Waals surface area contributed by atoms with Crippen LogP contribution in [0.25, 0.3) is 0 Å². The number of carbonyl (C=O) groups excluding carboxylic acids is 3. The van der Waals surface area contributed by atoms with E-state index in [0.29, 0.717) is 30.5 Å². The molecule has 3 amide bonds. The van der Waals surface area contributed by atoms with Gasteiger partial charge in [-0.2, -0.15) is 0 Å². The van der Waals surface area contributed by atoms with Gasteiger partial charge in [-0.3, -0.25) is 19.2 Å². The molecule has 1 aliphatic carbocycles. The second kappa shape index (κ2) is 10.7. The highest BCUT2D eigenvalue weighted by molar-refractivity contribution is 5.96. The number of aromatic nitrogens is 1. The topological polar surface area (TPSA) is 101 Å². The van der Waals surface area contributed by atoms with Crippen molar-refractivity contribution in [2.75, 3.05) is 26.2 Å². The molecule has 1 saturated carbocycles. The summed E-state index contributed by atoms with van der Waals surface area (Å²) in [6.07, 6.45) is 5.28. The standard InChI is InChI=1S/C28H34N4O4/c33-25(16-30-27(35)21-5-2-1-3-6-21)29-15-19-9-11-22(12-10-19)28(36)31-17-20-13-23-7-4-8-26(34)32(23)24(14-20)18-31/h1-8,19-20,22,24H,9-18H2,(H,29,33)(H,30,35). The van der Waals surface area contributed by atoms with Crippen molar-refractivity contribution in [3.05, 3.63) is 70.1 Å². The van der Waals surface area contributed by atoms with E-state index in [2.05, 4.69) is 10.6 Å². The van der Waals surface area contributed by atoms with Gasteiger partial charge in [-0.25, -0.2) is 0 Å². The predicted molar refractivity (Wildman–Crippen MR) is 135 cm³/mol. The number of amides is 3. The lowest BCUT2D eigenvalue weighted by Gasteiger charge is -2.44. The molecule has 2 aliphatic heterocycles. The Morgan fingerprint density at radius 1 is 0.889 bits per heavy atom. The molecular weight excluding hydrogens is 456 g/mol. The molecule has 2 bridgehead atoms. The number of benzene rings is 1. The Hall–Kier alpha value is -3.42. The van der Waals surface area contributed by atoms with Gasteiger partial charge in [0.15, 0.2) is 0 Å². The zero-order chi connectivity index (χ0) is 25.1. The highest BCUT2D eigenvalue weighted by Crippen LogP contribution is 2.36. The Bertz CT molecular complexity index is 1170. The number of nitrogens with one attached hydrogen (secondary N) is 2. The van der Waals surface area contributed by atoms with Crippen LogP contribution in [-0.2, 0) is 16.0 Å². The third kappa shape index (κ3) is 5.37. The third-order valence-electron chi connectivity index (χ3n) is 7.99. The summed E-state index contributed by atoms with van der Waals surface area (Å²) in [4.78, 5) is 52.1. The second-order valence-corrected chi connectivity index (χ2v) is 10.5. The van der Waals surface area contributed by atoms with Crippen LogP contribution in [0.5, 0.6) is 0 Å². The molecule has 2 aromatic rings. The fourth-order valence-corrected chi connectivity index (χ4v) is 6.15. The Morgan fingerprint density at radius 3 is 2.44 bits per heavy atom. The van der Waals surface area contributed by atoms with Gasteiger partial charge in [0.2, 0.25) is 11.8 Å². The van der Waals surface area contributed by atoms with Crippen molar-refractivity contribution < 1.29 is 14.4 Å². The van der Waals surface area contributed by atoms with Crippen LogP contribution in [0, 0.1) is 17.8 Å². The van der Waals surface area contributed by atoms with E-state index in [1.807, 2.05) is 27.7 Å². The van der Waals surface area contributed by atoms with E-state index < -0.39 is 0 Å². The lowest BCUT2D eigenvalue weighted by molar-refractivity contribution is -0.140. The normalized spacial score (nSPS) is 24.9. The van der Waals surface area contributed by atoms with Gasteiger partial charge in [0, 0.05) is 42.9 Å². The fraction of sp³-hybridized carbons (Fsp3) is 0.500. The second-order valence-electron chi connectivity index (χ2n) is 10.5. The molecule has 0 radical (unpaired) electrons. The summed E-state index contributed by atoms with van der Waals surface area (Å²) in [5.74, 6) is 0.543. The van der Waals surface area contributed by atoms with Crippen LogP contribution >= 0.6 is 0 Å². The molecule has 2 fully saturated rings. The number of nitrogens with zero attached hydrogens (tertiary/aromatic N) is 2. The molecule has 1 aromatic carbocycles. The highest BCUT2D eigenvalue weighted by atomic mass is 16.2. The summed E-state index contributed by atoms with van der Waals surface area (Å²) in [6.45, 7) is 1.92. The van der Waals surface area contributed by atoms with Crippen molar-refractivity contribution in [1.29, 1.82) is 0 Å². The van der Waals surface area contributed by atoms with E-state index in [0.717, 1.165) is 50.8 Å². The number of hydrogen-bond donors (Lipinski definition) is 2. The lowest BCUT2D eigenvalue weighted by Crippen LogP contribution is -2.52. The van der Waals surface area contributed by atoms with Crippen molar-refractivity contribution in [1.82, 2.24) is 20.1 Å². The van der Waals surface area contributed by atoms with Crippen LogP contribution in [0.1, 0.15) is 54.2 Å². The maximum atomic E-state index is 13.3. The highest BCUT2D eigenvalue weighted by Gasteiger charge is 2.38. The first kappa shape index (κ1) is 24.3. The SMILES string of the molecule is O=C(CNC(=O)c1ccccc1)NCC1CCC(C(=O)N2CC3Cc4cccc(=O)n4C(C3)C2)CC1. The minimum absolute atomic E-state index is 0.0212. The zero-order valence-electron chi connectivity index (χ0n) is 20.5. The van der Waals surface area contributed by atoms with E-state index in [-0.39, 0.29) is 41.8 Å². The van der Waals surface area contributed by atoms with Crippen molar-refractivity contribution in [3.63, 3.8) is 0 Å². The van der Waals surface area contributed by atoms with Gasteiger partial charge in [-0.15, -0.1) is 0 Å². The maximum Gasteiger partial charge on any atom is 0.251 e. The van der Waals surface area contributed by atoms with Gasteiger partial charge in [0.05, 0.1) is 12.6 Å². The van der Waals surface area contributed by atoms with Crippen LogP contribution in [0.4, 0.5) is 0 Å². The van der Waals surface area contributed by atoms with Crippen LogP contribution in [-0.4, -0.2) is 53.4 Å². The minimum atomic E-state index is -0.264. The van der Waals surface area contributed by atoms with Crippen molar-refractivity contribution >= 4 is 17.7 Å². The molecular formula is C28H34N4O4. The Morgan fingerprint density at radius 2 is 1.67 bits per heavy atom. The van der Waals surface area contributed by atoms with Gasteiger partial charge < -0.3 is 20.1 Å². The monoisotopic (exact) mass is 490 g/mol. The number of likely N-dealkylation sites (tertiary alicyclic amines) is 1. The average Bonchev–Trinajstić information content (AvgIpc) is 2.90. The Balaban J connectivity index is 1.05. The van der Waals surface area contributed by atoms with Crippen molar-refractivity contribution in [2.45, 2.75) is 44.6 Å². The molecule has 8 heteroatoms. The van der Waals surface area contributed by atoms with E-state index >= 15 is 0 Å². The summed E-state index contributed by atoms with van der Waals surface area (Å²) in [7, 11) is 0. The van der Waals surface area contributed by atoms with E-state index in [1.165, 1.54) is 0 Å². The summed E-state index contributed by atoms with van der Waals surface area (Å²) in [5.41, 5.74) is 1.66. The first-order valence-corrected chi connectivity index (χ1v) is 13.1.